The normalized spacial score (nSPS) is 19.3. The van der Waals surface area contributed by atoms with E-state index < -0.39 is 27.8 Å². The number of aryl methyl sites for hydroxylation is 1. The van der Waals surface area contributed by atoms with Crippen LogP contribution in [0.2, 0.25) is 0 Å². The molecule has 3 aliphatic rings. The number of hydrogen-bond acceptors (Lipinski definition) is 11. The lowest BCUT2D eigenvalue weighted by molar-refractivity contribution is -0.120. The van der Waals surface area contributed by atoms with Gasteiger partial charge in [-0.3, -0.25) is 24.4 Å². The third-order valence-corrected chi connectivity index (χ3v) is 13.6. The van der Waals surface area contributed by atoms with E-state index in [2.05, 4.69) is 30.0 Å². The van der Waals surface area contributed by atoms with Gasteiger partial charge < -0.3 is 14.4 Å². The van der Waals surface area contributed by atoms with Gasteiger partial charge in [0.25, 0.3) is 0 Å². The van der Waals surface area contributed by atoms with Gasteiger partial charge >= 0.3 is 16.2 Å². The minimum absolute atomic E-state index is 0.0789. The Balaban J connectivity index is 0.846. The third-order valence-electron chi connectivity index (χ3n) is 12.1. The van der Waals surface area contributed by atoms with Crippen molar-refractivity contribution in [3.8, 4) is 23.4 Å². The first kappa shape index (κ1) is 41.8. The largest absolute Gasteiger partial charge is 0.476 e. The Morgan fingerprint density at radius 1 is 1.00 bits per heavy atom. The summed E-state index contributed by atoms with van der Waals surface area (Å²) in [6.45, 7) is 4.35. The number of fused-ring (bicyclic) bond motifs is 2. The average Bonchev–Trinajstić information content (AvgIpc) is 3.57. The van der Waals surface area contributed by atoms with Crippen molar-refractivity contribution in [1.82, 2.24) is 34.3 Å². The summed E-state index contributed by atoms with van der Waals surface area (Å²) in [5.41, 5.74) is 1.95. The van der Waals surface area contributed by atoms with Gasteiger partial charge in [-0.2, -0.15) is 23.1 Å². The highest BCUT2D eigenvalue weighted by Crippen LogP contribution is 2.40. The summed E-state index contributed by atoms with van der Waals surface area (Å²) in [4.78, 5) is 37.2. The molecule has 8 rings (SSSR count). The number of benzene rings is 3. The van der Waals surface area contributed by atoms with E-state index in [0.29, 0.717) is 52.2 Å². The van der Waals surface area contributed by atoms with Crippen LogP contribution in [0.3, 0.4) is 0 Å². The van der Waals surface area contributed by atoms with Crippen molar-refractivity contribution in [2.24, 2.45) is 13.0 Å². The predicted octanol–water partition coefficient (Wildman–Crippen LogP) is 6.33. The maximum absolute atomic E-state index is 15.7. The number of aromatic nitrogens is 4. The Labute approximate surface area is 351 Å². The third kappa shape index (κ3) is 8.65. The molecule has 2 aromatic heterocycles. The maximum atomic E-state index is 15.7. The number of carbonyl (C=O) groups is 2. The van der Waals surface area contributed by atoms with Crippen LogP contribution in [0.5, 0.6) is 17.4 Å². The van der Waals surface area contributed by atoms with E-state index in [1.54, 1.807) is 43.0 Å². The SMILES string of the molecule is CCN(C)S(=O)(=O)Nc1ccc(F)c(Oc2ccc3ncc(OCC4CCN(C5CCC(c6cc7c(cc6F)c(N6CCC(=O)NC6=O)nn7C)CC5)CC4)nc3c2)c1C#N. The molecular formula is C42H46F2N10O6S. The van der Waals surface area contributed by atoms with Gasteiger partial charge in [-0.05, 0) is 105 Å². The van der Waals surface area contributed by atoms with Gasteiger partial charge in [-0.1, -0.05) is 6.92 Å². The molecule has 0 spiro atoms. The second-order valence-corrected chi connectivity index (χ2v) is 17.6. The Bertz CT molecular complexity index is 2660. The van der Waals surface area contributed by atoms with Crippen LogP contribution in [-0.2, 0) is 22.1 Å². The molecule has 4 heterocycles. The van der Waals surface area contributed by atoms with Crippen LogP contribution in [0.25, 0.3) is 21.9 Å². The molecule has 1 aliphatic carbocycles. The molecule has 320 valence electrons. The second-order valence-electron chi connectivity index (χ2n) is 15.8. The smallest absolute Gasteiger partial charge is 0.329 e. The summed E-state index contributed by atoms with van der Waals surface area (Å²) in [5, 5.41) is 17.2. The van der Waals surface area contributed by atoms with E-state index in [1.165, 1.54) is 24.1 Å². The molecular weight excluding hydrogens is 811 g/mol. The van der Waals surface area contributed by atoms with E-state index in [4.69, 9.17) is 9.47 Å². The standard InChI is InChI=1S/C42H46F2N10O6S/c1-4-51(2)61(57,58)50-34-12-10-32(43)40(31(34)22-45)60-28-9-11-35-36(19-28)47-39(23-46-35)59-24-25-13-16-53(17-14-25)27-7-5-26(6-8-27)29-21-37-30(20-33(29)44)41(49-52(37)3)54-18-15-38(55)48-42(54)56/h9-12,19-21,23,25-27,50H,4-8,13-18,24H2,1-3H3,(H,48,55,56). The van der Waals surface area contributed by atoms with Crippen molar-refractivity contribution >= 4 is 55.6 Å². The molecule has 3 aromatic carbocycles. The van der Waals surface area contributed by atoms with Crippen molar-refractivity contribution in [1.29, 1.82) is 5.26 Å². The van der Waals surface area contributed by atoms with Crippen LogP contribution in [0.1, 0.15) is 68.9 Å². The maximum Gasteiger partial charge on any atom is 0.329 e. The molecule has 0 unspecified atom stereocenters. The molecule has 5 aromatic rings. The Hall–Kier alpha value is -5.97. The molecule has 61 heavy (non-hydrogen) atoms. The first-order valence-corrected chi connectivity index (χ1v) is 21.8. The Morgan fingerprint density at radius 3 is 2.49 bits per heavy atom. The number of likely N-dealkylation sites (tertiary alicyclic amines) is 1. The van der Waals surface area contributed by atoms with Crippen molar-refractivity contribution in [3.63, 3.8) is 0 Å². The van der Waals surface area contributed by atoms with Crippen LogP contribution < -0.4 is 24.4 Å². The number of imide groups is 1. The summed E-state index contributed by atoms with van der Waals surface area (Å²) in [6.07, 6.45) is 7.27. The number of nitrogens with zero attached hydrogens (tertiary/aromatic N) is 8. The van der Waals surface area contributed by atoms with Gasteiger partial charge in [0.2, 0.25) is 11.8 Å². The summed E-state index contributed by atoms with van der Waals surface area (Å²) in [6, 6.07) is 12.0. The summed E-state index contributed by atoms with van der Waals surface area (Å²) in [7, 11) is -0.829. The topological polar surface area (TPSA) is 188 Å². The Kier molecular flexibility index (Phi) is 11.8. The highest BCUT2D eigenvalue weighted by molar-refractivity contribution is 7.90. The van der Waals surface area contributed by atoms with Crippen LogP contribution in [-0.4, -0.2) is 95.2 Å². The fourth-order valence-electron chi connectivity index (χ4n) is 8.46. The fraction of sp³-hybridized carbons (Fsp3) is 0.429. The van der Waals surface area contributed by atoms with E-state index in [9.17, 15) is 23.3 Å². The zero-order chi connectivity index (χ0) is 43.0. The van der Waals surface area contributed by atoms with Crippen molar-refractivity contribution in [2.45, 2.75) is 63.8 Å². The first-order chi connectivity index (χ1) is 29.3. The number of halogens is 2. The average molecular weight is 857 g/mol. The fourth-order valence-corrected chi connectivity index (χ4v) is 9.40. The lowest BCUT2D eigenvalue weighted by atomic mass is 9.80. The monoisotopic (exact) mass is 856 g/mol. The molecule has 16 nitrogen and oxygen atoms in total. The molecule has 1 saturated carbocycles. The van der Waals surface area contributed by atoms with E-state index in [0.717, 1.165) is 67.5 Å². The van der Waals surface area contributed by atoms with E-state index in [-0.39, 0.29) is 54.2 Å². The first-order valence-electron chi connectivity index (χ1n) is 20.4. The van der Waals surface area contributed by atoms with Gasteiger partial charge in [0.05, 0.1) is 35.0 Å². The van der Waals surface area contributed by atoms with Gasteiger partial charge in [-0.15, -0.1) is 0 Å². The summed E-state index contributed by atoms with van der Waals surface area (Å²) in [5.74, 6) is -0.688. The van der Waals surface area contributed by atoms with Crippen LogP contribution >= 0.6 is 0 Å². The highest BCUT2D eigenvalue weighted by Gasteiger charge is 2.33. The molecule has 2 N–H and O–H groups in total. The number of piperidine rings is 1. The number of anilines is 2. The molecule has 0 bridgehead atoms. The van der Waals surface area contributed by atoms with Crippen LogP contribution in [0.4, 0.5) is 25.1 Å². The molecule has 0 radical (unpaired) electrons. The predicted molar refractivity (Wildman–Crippen MR) is 223 cm³/mol. The quantitative estimate of drug-likeness (QED) is 0.143. The summed E-state index contributed by atoms with van der Waals surface area (Å²) >= 11 is 0. The van der Waals surface area contributed by atoms with Crippen LogP contribution in [0.15, 0.2) is 48.7 Å². The van der Waals surface area contributed by atoms with Crippen molar-refractivity contribution < 1.29 is 36.3 Å². The van der Waals surface area contributed by atoms with Gasteiger partial charge in [0.15, 0.2) is 17.4 Å². The number of urea groups is 1. The van der Waals surface area contributed by atoms with Crippen LogP contribution in [0, 0.1) is 28.9 Å². The minimum Gasteiger partial charge on any atom is -0.476 e. The van der Waals surface area contributed by atoms with Crippen molar-refractivity contribution in [3.05, 3.63) is 71.4 Å². The number of hydrogen-bond donors (Lipinski definition) is 2. The number of rotatable bonds is 12. The highest BCUT2D eigenvalue weighted by atomic mass is 32.2. The number of nitriles is 1. The zero-order valence-electron chi connectivity index (χ0n) is 34.0. The van der Waals surface area contributed by atoms with E-state index in [1.807, 2.05) is 12.1 Å². The molecule has 2 saturated heterocycles. The number of nitrogens with one attached hydrogen (secondary N) is 2. The Morgan fingerprint density at radius 2 is 1.77 bits per heavy atom. The minimum atomic E-state index is -3.98. The lowest BCUT2D eigenvalue weighted by Gasteiger charge is -2.41. The van der Waals surface area contributed by atoms with Gasteiger partial charge in [0.1, 0.15) is 23.2 Å². The van der Waals surface area contributed by atoms with Gasteiger partial charge in [0, 0.05) is 51.1 Å². The van der Waals surface area contributed by atoms with Crippen molar-refractivity contribution in [2.75, 3.05) is 49.5 Å². The molecule has 0 atom stereocenters. The molecule has 2 aliphatic heterocycles. The molecule has 19 heteroatoms. The molecule has 3 amide bonds. The second kappa shape index (κ2) is 17.2. The molecule has 3 fully saturated rings. The summed E-state index contributed by atoms with van der Waals surface area (Å²) < 4.78 is 72.9. The number of carbonyl (C=O) groups excluding carboxylic acids is 2. The number of ether oxygens (including phenoxy) is 2. The zero-order valence-corrected chi connectivity index (χ0v) is 34.8. The lowest BCUT2D eigenvalue weighted by Crippen LogP contribution is -2.49. The van der Waals surface area contributed by atoms with E-state index >= 15 is 8.78 Å². The number of amides is 3. The van der Waals surface area contributed by atoms with Gasteiger partial charge in [-0.25, -0.2) is 23.5 Å².